The minimum atomic E-state index is -0.431. The summed E-state index contributed by atoms with van der Waals surface area (Å²) in [7, 11) is 4.13. The van der Waals surface area contributed by atoms with Gasteiger partial charge in [0.25, 0.3) is 0 Å². The monoisotopic (exact) mass is 387 g/mol. The van der Waals surface area contributed by atoms with Gasteiger partial charge in [0.1, 0.15) is 17.3 Å². The quantitative estimate of drug-likeness (QED) is 0.561. The van der Waals surface area contributed by atoms with Crippen LogP contribution in [0.1, 0.15) is 11.3 Å². The van der Waals surface area contributed by atoms with E-state index in [1.807, 2.05) is 36.7 Å². The highest BCUT2D eigenvalue weighted by atomic mass is 35.5. The van der Waals surface area contributed by atoms with Crippen LogP contribution in [0.2, 0.25) is 5.02 Å². The Morgan fingerprint density at radius 3 is 2.48 bits per heavy atom. The van der Waals surface area contributed by atoms with E-state index >= 15 is 0 Å². The van der Waals surface area contributed by atoms with Crippen molar-refractivity contribution < 1.29 is 8.81 Å². The molecule has 0 N–H and O–H groups in total. The zero-order valence-corrected chi connectivity index (χ0v) is 16.3. The molecule has 0 aliphatic rings. The number of halogens is 2. The molecule has 27 heavy (non-hydrogen) atoms. The molecule has 0 unspecified atom stereocenters. The summed E-state index contributed by atoms with van der Waals surface area (Å²) in [6.45, 7) is 3.36. The van der Waals surface area contributed by atoms with Crippen molar-refractivity contribution in [1.82, 2.24) is 14.8 Å². The molecule has 4 nitrogen and oxygen atoms in total. The number of aromatic nitrogens is 1. The molecule has 0 aliphatic carbocycles. The zero-order chi connectivity index (χ0) is 19.2. The first-order valence-corrected chi connectivity index (χ1v) is 9.19. The summed E-state index contributed by atoms with van der Waals surface area (Å²) in [5, 5.41) is 0.0933. The highest BCUT2D eigenvalue weighted by Crippen LogP contribution is 2.27. The Morgan fingerprint density at radius 2 is 1.78 bits per heavy atom. The minimum Gasteiger partial charge on any atom is -0.460 e. The molecule has 0 saturated carbocycles. The van der Waals surface area contributed by atoms with Crippen LogP contribution in [0, 0.1) is 5.82 Å². The van der Waals surface area contributed by atoms with Crippen molar-refractivity contribution in [1.29, 1.82) is 0 Å². The number of rotatable bonds is 8. The fraction of sp³-hybridized carbons (Fsp3) is 0.286. The zero-order valence-electron chi connectivity index (χ0n) is 15.5. The van der Waals surface area contributed by atoms with E-state index in [0.29, 0.717) is 12.3 Å². The lowest BCUT2D eigenvalue weighted by Gasteiger charge is -2.23. The molecule has 3 rings (SSSR count). The second kappa shape index (κ2) is 9.13. The molecule has 0 spiro atoms. The van der Waals surface area contributed by atoms with Gasteiger partial charge in [-0.25, -0.2) is 4.39 Å². The van der Waals surface area contributed by atoms with Crippen molar-refractivity contribution in [2.24, 2.45) is 0 Å². The maximum atomic E-state index is 13.4. The number of benzene rings is 1. The number of hydrogen-bond acceptors (Lipinski definition) is 4. The molecule has 3 aromatic rings. The van der Waals surface area contributed by atoms with Crippen LogP contribution in [0.3, 0.4) is 0 Å². The van der Waals surface area contributed by atoms with Gasteiger partial charge in [0.15, 0.2) is 0 Å². The third-order valence-electron chi connectivity index (χ3n) is 4.26. The normalized spacial score (nSPS) is 11.5. The second-order valence-electron chi connectivity index (χ2n) is 6.76. The van der Waals surface area contributed by atoms with Crippen molar-refractivity contribution in [3.8, 4) is 11.3 Å². The van der Waals surface area contributed by atoms with Gasteiger partial charge in [-0.3, -0.25) is 9.88 Å². The van der Waals surface area contributed by atoms with Crippen molar-refractivity contribution in [2.75, 3.05) is 27.2 Å². The Hall–Kier alpha value is -2.21. The molecule has 0 radical (unpaired) electrons. The Labute approximate surface area is 164 Å². The molecule has 0 aliphatic heterocycles. The molecular weight excluding hydrogens is 365 g/mol. The van der Waals surface area contributed by atoms with Crippen LogP contribution in [0.15, 0.2) is 59.3 Å². The van der Waals surface area contributed by atoms with Gasteiger partial charge < -0.3 is 9.32 Å². The van der Waals surface area contributed by atoms with E-state index in [2.05, 4.69) is 28.9 Å². The molecule has 0 fully saturated rings. The van der Waals surface area contributed by atoms with Crippen LogP contribution in [0.4, 0.5) is 4.39 Å². The molecule has 0 amide bonds. The van der Waals surface area contributed by atoms with E-state index in [9.17, 15) is 4.39 Å². The highest BCUT2D eigenvalue weighted by molar-refractivity contribution is 6.31. The maximum absolute atomic E-state index is 13.4. The van der Waals surface area contributed by atoms with Gasteiger partial charge in [0.05, 0.1) is 11.6 Å². The number of nitrogens with zero attached hydrogens (tertiary/aromatic N) is 3. The van der Waals surface area contributed by atoms with Gasteiger partial charge in [-0.15, -0.1) is 0 Å². The lowest BCUT2D eigenvalue weighted by atomic mass is 10.2. The third kappa shape index (κ3) is 5.63. The van der Waals surface area contributed by atoms with Gasteiger partial charge in [0, 0.05) is 37.6 Å². The predicted molar refractivity (Wildman–Crippen MR) is 106 cm³/mol. The third-order valence-corrected chi connectivity index (χ3v) is 4.55. The largest absolute Gasteiger partial charge is 0.460 e. The summed E-state index contributed by atoms with van der Waals surface area (Å²) in [6, 6.07) is 12.5. The molecule has 0 atom stereocenters. The average Bonchev–Trinajstić information content (AvgIpc) is 3.11. The van der Waals surface area contributed by atoms with Crippen molar-refractivity contribution >= 4 is 11.6 Å². The molecule has 1 aromatic carbocycles. The summed E-state index contributed by atoms with van der Waals surface area (Å²) in [5.74, 6) is 1.11. The van der Waals surface area contributed by atoms with E-state index in [1.165, 1.54) is 11.6 Å². The molecule has 0 bridgehead atoms. The van der Waals surface area contributed by atoms with Crippen molar-refractivity contribution in [2.45, 2.75) is 13.1 Å². The van der Waals surface area contributed by atoms with Gasteiger partial charge in [-0.05, 0) is 62.1 Å². The fourth-order valence-corrected chi connectivity index (χ4v) is 2.97. The summed E-state index contributed by atoms with van der Waals surface area (Å²) in [5.41, 5.74) is 1.97. The van der Waals surface area contributed by atoms with Crippen LogP contribution in [0.5, 0.6) is 0 Å². The number of pyridine rings is 1. The first-order valence-electron chi connectivity index (χ1n) is 8.81. The maximum Gasteiger partial charge on any atom is 0.141 e. The standard InChI is InChI=1S/C21H23ClFN3O/c1-25(2)11-12-26(14-16-7-9-24-10-8-16)15-18-4-6-21(27-18)17-3-5-20(23)19(22)13-17/h3-10,13H,11-12,14-15H2,1-2H3. The van der Waals surface area contributed by atoms with Gasteiger partial charge in [-0.1, -0.05) is 11.6 Å². The molecule has 2 heterocycles. The Kier molecular flexibility index (Phi) is 6.61. The first-order chi connectivity index (χ1) is 13.0. The van der Waals surface area contributed by atoms with Gasteiger partial charge in [0.2, 0.25) is 0 Å². The Balaban J connectivity index is 1.73. The van der Waals surface area contributed by atoms with Gasteiger partial charge in [-0.2, -0.15) is 0 Å². The topological polar surface area (TPSA) is 32.5 Å². The minimum absolute atomic E-state index is 0.0933. The van der Waals surface area contributed by atoms with E-state index in [1.54, 1.807) is 12.1 Å². The smallest absolute Gasteiger partial charge is 0.141 e. The van der Waals surface area contributed by atoms with Crippen LogP contribution in [0.25, 0.3) is 11.3 Å². The first kappa shape index (κ1) is 19.5. The molecule has 6 heteroatoms. The lowest BCUT2D eigenvalue weighted by molar-refractivity contribution is 0.211. The summed E-state index contributed by atoms with van der Waals surface area (Å²) < 4.78 is 19.4. The lowest BCUT2D eigenvalue weighted by Crippen LogP contribution is -2.31. The van der Waals surface area contributed by atoms with Crippen LogP contribution in [-0.2, 0) is 13.1 Å². The molecule has 0 saturated heterocycles. The SMILES string of the molecule is CN(C)CCN(Cc1ccncc1)Cc1ccc(-c2ccc(F)c(Cl)c2)o1. The predicted octanol–water partition coefficient (Wildman–Crippen LogP) is 4.70. The number of likely N-dealkylation sites (N-methyl/N-ethyl adjacent to an activating group) is 1. The Morgan fingerprint density at radius 1 is 1.00 bits per heavy atom. The second-order valence-corrected chi connectivity index (χ2v) is 7.17. The highest BCUT2D eigenvalue weighted by Gasteiger charge is 2.12. The molecular formula is C21H23ClFN3O. The molecule has 142 valence electrons. The van der Waals surface area contributed by atoms with Gasteiger partial charge >= 0.3 is 0 Å². The molecule has 2 aromatic heterocycles. The Bertz CT molecular complexity index is 867. The van der Waals surface area contributed by atoms with Crippen LogP contribution >= 0.6 is 11.6 Å². The van der Waals surface area contributed by atoms with Crippen molar-refractivity contribution in [3.63, 3.8) is 0 Å². The van der Waals surface area contributed by atoms with E-state index in [4.69, 9.17) is 16.0 Å². The summed E-state index contributed by atoms with van der Waals surface area (Å²) in [4.78, 5) is 8.57. The summed E-state index contributed by atoms with van der Waals surface area (Å²) in [6.07, 6.45) is 3.62. The summed E-state index contributed by atoms with van der Waals surface area (Å²) >= 11 is 5.88. The van der Waals surface area contributed by atoms with E-state index in [-0.39, 0.29) is 5.02 Å². The number of furan rings is 1. The van der Waals surface area contributed by atoms with Crippen LogP contribution < -0.4 is 0 Å². The van der Waals surface area contributed by atoms with E-state index < -0.39 is 5.82 Å². The van der Waals surface area contributed by atoms with Crippen LogP contribution in [-0.4, -0.2) is 42.0 Å². The average molecular weight is 388 g/mol. The fourth-order valence-electron chi connectivity index (χ4n) is 2.79. The van der Waals surface area contributed by atoms with E-state index in [0.717, 1.165) is 31.0 Å². The van der Waals surface area contributed by atoms with Crippen molar-refractivity contribution in [3.05, 3.63) is 77.0 Å². The number of hydrogen-bond donors (Lipinski definition) is 0.